The molecule has 26 heavy (non-hydrogen) atoms. The molecule has 0 radical (unpaired) electrons. The van der Waals surface area contributed by atoms with Gasteiger partial charge in [0.2, 0.25) is 0 Å². The number of allylic oxidation sites excluding steroid dienone is 8. The third-order valence-electron chi connectivity index (χ3n) is 2.37. The van der Waals surface area contributed by atoms with E-state index in [-0.39, 0.29) is 103 Å². The van der Waals surface area contributed by atoms with Crippen molar-refractivity contribution in [3.63, 3.8) is 0 Å². The second kappa shape index (κ2) is 11.7. The molecule has 0 aromatic rings. The minimum absolute atomic E-state index is 0. The first-order chi connectivity index (χ1) is 10.8. The van der Waals surface area contributed by atoms with E-state index in [0.717, 1.165) is 24.3 Å². The largest absolute Gasteiger partial charge is 1.00 e. The fraction of sp³-hybridized carbons (Fsp3) is 0. The minimum Gasteiger partial charge on any atom is -0.744 e. The second-order valence-electron chi connectivity index (χ2n) is 4.13. The predicted octanol–water partition coefficient (Wildman–Crippen LogP) is -7.75. The Hall–Kier alpha value is 0.733. The van der Waals surface area contributed by atoms with Crippen LogP contribution in [0.1, 0.15) is 0 Å². The zero-order valence-corrected chi connectivity index (χ0v) is 21.2. The van der Waals surface area contributed by atoms with Crippen LogP contribution >= 0.6 is 0 Å². The molecular weight excluding hydrogens is 446 g/mol. The molecule has 0 aromatic heterocycles. The van der Waals surface area contributed by atoms with Gasteiger partial charge in [-0.15, -0.1) is 0 Å². The van der Waals surface area contributed by atoms with Gasteiger partial charge in [-0.3, -0.25) is 19.2 Å². The number of hydrogen-bond donors (Lipinski definition) is 0. The molecule has 0 amide bonds. The van der Waals surface area contributed by atoms with Crippen molar-refractivity contribution in [2.24, 2.45) is 0 Å². The van der Waals surface area contributed by atoms with Gasteiger partial charge in [-0.1, -0.05) is 0 Å². The molecule has 2 aliphatic carbocycles. The van der Waals surface area contributed by atoms with Crippen molar-refractivity contribution in [2.75, 3.05) is 0 Å². The van der Waals surface area contributed by atoms with E-state index >= 15 is 0 Å². The molecule has 2 rings (SSSR count). The summed E-state index contributed by atoms with van der Waals surface area (Å²) in [4.78, 5) is 40.5. The van der Waals surface area contributed by atoms with Crippen LogP contribution in [0.5, 0.6) is 0 Å². The summed E-state index contributed by atoms with van der Waals surface area (Å²) >= 11 is 0. The van der Waals surface area contributed by atoms with Crippen LogP contribution in [0.25, 0.3) is 0 Å². The third kappa shape index (κ3) is 9.29. The van der Waals surface area contributed by atoms with Crippen molar-refractivity contribution < 1.29 is 148 Å². The van der Waals surface area contributed by atoms with Gasteiger partial charge < -0.3 is 9.11 Å². The zero-order chi connectivity index (χ0) is 18.7. The van der Waals surface area contributed by atoms with Crippen LogP contribution in [0.3, 0.4) is 0 Å². The molecule has 0 N–H and O–H groups in total. The van der Waals surface area contributed by atoms with E-state index in [1.54, 1.807) is 0 Å². The van der Waals surface area contributed by atoms with Gasteiger partial charge in [0.15, 0.2) is 23.1 Å². The Morgan fingerprint density at radius 3 is 1.04 bits per heavy atom. The van der Waals surface area contributed by atoms with Crippen LogP contribution < -0.4 is 103 Å². The molecule has 0 spiro atoms. The number of carbonyl (C=O) groups excluding carboxylic acids is 4. The SMILES string of the molecule is O=C1C=CC(=O)C(S(=O)(=O)[O-])=C1.O=C1C=CC(=O)C(S(=O)(=O)[O-])=C1.[K+].[K+]. The van der Waals surface area contributed by atoms with E-state index in [9.17, 15) is 45.1 Å². The van der Waals surface area contributed by atoms with E-state index in [0.29, 0.717) is 12.2 Å². The molecule has 14 heteroatoms. The molecule has 0 bridgehead atoms. The maximum absolute atomic E-state index is 10.7. The first kappa shape index (κ1) is 28.9. The van der Waals surface area contributed by atoms with Crippen LogP contribution in [0.15, 0.2) is 46.3 Å². The van der Waals surface area contributed by atoms with E-state index in [2.05, 4.69) is 0 Å². The van der Waals surface area contributed by atoms with Crippen molar-refractivity contribution in [3.05, 3.63) is 46.3 Å². The van der Waals surface area contributed by atoms with Crippen LogP contribution in [-0.4, -0.2) is 49.1 Å². The second-order valence-corrected chi connectivity index (χ2v) is 6.82. The van der Waals surface area contributed by atoms with Crippen molar-refractivity contribution in [2.45, 2.75) is 0 Å². The average Bonchev–Trinajstić information content (AvgIpc) is 2.42. The molecule has 0 aromatic carbocycles. The summed E-state index contributed by atoms with van der Waals surface area (Å²) in [5.41, 5.74) is 0. The van der Waals surface area contributed by atoms with Crippen LogP contribution in [0, 0.1) is 0 Å². The Bertz CT molecular complexity index is 885. The number of hydrogen-bond acceptors (Lipinski definition) is 10. The molecule has 0 atom stereocenters. The fourth-order valence-electron chi connectivity index (χ4n) is 1.37. The first-order valence-electron chi connectivity index (χ1n) is 5.70. The van der Waals surface area contributed by atoms with Gasteiger partial charge in [-0.05, 0) is 24.3 Å². The maximum Gasteiger partial charge on any atom is 1.00 e. The van der Waals surface area contributed by atoms with Gasteiger partial charge in [-0.2, -0.15) is 0 Å². The molecule has 10 nitrogen and oxygen atoms in total. The summed E-state index contributed by atoms with van der Waals surface area (Å²) in [7, 11) is -9.64. The molecule has 0 unspecified atom stereocenters. The van der Waals surface area contributed by atoms with E-state index < -0.39 is 53.2 Å². The van der Waals surface area contributed by atoms with Crippen LogP contribution in [0.2, 0.25) is 0 Å². The Morgan fingerprint density at radius 1 is 0.577 bits per heavy atom. The molecule has 0 saturated heterocycles. The number of ketones is 4. The Labute approximate surface area is 233 Å². The molecule has 0 heterocycles. The summed E-state index contributed by atoms with van der Waals surface area (Å²) in [5, 5.41) is 0. The first-order valence-corrected chi connectivity index (χ1v) is 8.52. The number of carbonyl (C=O) groups is 4. The summed E-state index contributed by atoms with van der Waals surface area (Å²) < 4.78 is 61.9. The number of rotatable bonds is 2. The summed E-state index contributed by atoms with van der Waals surface area (Å²) in [6.07, 6.45) is 4.35. The maximum atomic E-state index is 10.7. The topological polar surface area (TPSA) is 183 Å². The minimum atomic E-state index is -4.82. The fourth-order valence-corrected chi connectivity index (χ4v) is 2.52. The van der Waals surface area contributed by atoms with Gasteiger partial charge >= 0.3 is 103 Å². The smallest absolute Gasteiger partial charge is 0.744 e. The van der Waals surface area contributed by atoms with E-state index in [4.69, 9.17) is 0 Å². The standard InChI is InChI=1S/2C6H4O5S.2K/c2*7-4-1-2-5(8)6(3-4)12(9,10)11;;/h2*1-3H,(H,9,10,11);;/q;;2*+1/p-2. The average molecular weight is 453 g/mol. The van der Waals surface area contributed by atoms with Gasteiger partial charge in [0.25, 0.3) is 0 Å². The zero-order valence-electron chi connectivity index (χ0n) is 13.4. The van der Waals surface area contributed by atoms with E-state index in [1.165, 1.54) is 0 Å². The molecule has 0 aliphatic heterocycles. The van der Waals surface area contributed by atoms with Gasteiger partial charge in [0.05, 0.1) is 0 Å². The molecule has 0 saturated carbocycles. The van der Waals surface area contributed by atoms with Gasteiger partial charge in [0, 0.05) is 12.2 Å². The molecule has 0 fully saturated rings. The Balaban J connectivity index is 0. The van der Waals surface area contributed by atoms with Crippen molar-refractivity contribution in [1.29, 1.82) is 0 Å². The third-order valence-corrected chi connectivity index (χ3v) is 4.08. The normalized spacial score (nSPS) is 16.5. The molecule has 2 aliphatic rings. The summed E-state index contributed by atoms with van der Waals surface area (Å²) in [6, 6.07) is 0. The monoisotopic (exact) mass is 452 g/mol. The van der Waals surface area contributed by atoms with Crippen molar-refractivity contribution >= 4 is 43.4 Å². The van der Waals surface area contributed by atoms with Crippen LogP contribution in [-0.2, 0) is 39.4 Å². The Morgan fingerprint density at radius 2 is 0.846 bits per heavy atom. The van der Waals surface area contributed by atoms with Gasteiger partial charge in [-0.25, -0.2) is 16.8 Å². The van der Waals surface area contributed by atoms with Gasteiger partial charge in [0.1, 0.15) is 30.0 Å². The summed E-state index contributed by atoms with van der Waals surface area (Å²) in [5.74, 6) is -3.26. The molecule has 128 valence electrons. The van der Waals surface area contributed by atoms with Crippen molar-refractivity contribution in [1.82, 2.24) is 0 Å². The van der Waals surface area contributed by atoms with E-state index in [1.807, 2.05) is 0 Å². The van der Waals surface area contributed by atoms with Crippen molar-refractivity contribution in [3.8, 4) is 0 Å². The molecular formula is C12H6K2O10S2. The summed E-state index contributed by atoms with van der Waals surface area (Å²) in [6.45, 7) is 0. The predicted molar refractivity (Wildman–Crippen MR) is 73.9 cm³/mol. The van der Waals surface area contributed by atoms with Crippen LogP contribution in [0.4, 0.5) is 0 Å². The Kier molecular flexibility index (Phi) is 13.0. The quantitative estimate of drug-likeness (QED) is 0.221.